The number of carbonyl (C=O) groups is 2. The molecule has 1 fully saturated rings. The Hall–Kier alpha value is -1.66. The lowest BCUT2D eigenvalue weighted by Crippen LogP contribution is -2.35. The van der Waals surface area contributed by atoms with Gasteiger partial charge in [0, 0.05) is 28.8 Å². The Morgan fingerprint density at radius 2 is 2.08 bits per heavy atom. The molecule has 0 spiro atoms. The summed E-state index contributed by atoms with van der Waals surface area (Å²) in [7, 11) is 0. The number of nitrogens with one attached hydrogen (secondary N) is 1. The largest absolute Gasteiger partial charge is 0.351 e. The molecule has 0 radical (unpaired) electrons. The number of hydrogen-bond donors (Lipinski definition) is 1. The monoisotopic (exact) mass is 388 g/mol. The van der Waals surface area contributed by atoms with Crippen molar-refractivity contribution in [1.29, 1.82) is 0 Å². The fourth-order valence-electron chi connectivity index (χ4n) is 3.84. The number of piperidine rings is 1. The van der Waals surface area contributed by atoms with Gasteiger partial charge in [0.1, 0.15) is 0 Å². The number of fused-ring (bicyclic) bond motifs is 1. The summed E-state index contributed by atoms with van der Waals surface area (Å²) in [5, 5.41) is 5.09. The van der Waals surface area contributed by atoms with Crippen molar-refractivity contribution in [2.75, 3.05) is 13.1 Å². The van der Waals surface area contributed by atoms with Crippen LogP contribution in [0.15, 0.2) is 23.6 Å². The summed E-state index contributed by atoms with van der Waals surface area (Å²) in [5.74, 6) is 0.344. The quantitative estimate of drug-likeness (QED) is 0.865. The van der Waals surface area contributed by atoms with Crippen LogP contribution in [0.4, 0.5) is 0 Å². The third-order valence-electron chi connectivity index (χ3n) is 5.32. The lowest BCUT2D eigenvalue weighted by atomic mass is 9.87. The van der Waals surface area contributed by atoms with Crippen molar-refractivity contribution in [3.05, 3.63) is 43.8 Å². The van der Waals surface area contributed by atoms with E-state index in [1.807, 2.05) is 22.4 Å². The molecule has 1 saturated heterocycles. The smallest absolute Gasteiger partial charge is 0.263 e. The zero-order valence-electron chi connectivity index (χ0n) is 14.8. The minimum absolute atomic E-state index is 0.0231. The van der Waals surface area contributed by atoms with Crippen LogP contribution >= 0.6 is 22.7 Å². The predicted molar refractivity (Wildman–Crippen MR) is 106 cm³/mol. The van der Waals surface area contributed by atoms with E-state index in [1.165, 1.54) is 21.7 Å². The second-order valence-electron chi connectivity index (χ2n) is 7.15. The molecule has 4 rings (SSSR count). The molecule has 2 aromatic rings. The van der Waals surface area contributed by atoms with Gasteiger partial charge in [-0.15, -0.1) is 22.7 Å². The Labute approximate surface area is 162 Å². The summed E-state index contributed by atoms with van der Waals surface area (Å²) in [5.41, 5.74) is 1.21. The SMILES string of the molecule is O=C(NCc1cccs1)[C@H]1CCc2sc(C(=O)N3CCCCC3)cc2C1. The molecular weight excluding hydrogens is 364 g/mol. The first-order valence-corrected chi connectivity index (χ1v) is 11.1. The first kappa shape index (κ1) is 17.7. The van der Waals surface area contributed by atoms with E-state index in [0.29, 0.717) is 6.54 Å². The van der Waals surface area contributed by atoms with E-state index in [-0.39, 0.29) is 17.7 Å². The first-order valence-electron chi connectivity index (χ1n) is 9.41. The molecule has 2 aromatic heterocycles. The van der Waals surface area contributed by atoms with Crippen LogP contribution < -0.4 is 5.32 Å². The highest BCUT2D eigenvalue weighted by Crippen LogP contribution is 2.33. The molecule has 1 atom stereocenters. The molecule has 1 N–H and O–H groups in total. The van der Waals surface area contributed by atoms with E-state index in [0.717, 1.165) is 50.1 Å². The maximum Gasteiger partial charge on any atom is 0.263 e. The molecule has 26 heavy (non-hydrogen) atoms. The molecule has 1 aliphatic heterocycles. The van der Waals surface area contributed by atoms with Crippen LogP contribution in [0.5, 0.6) is 0 Å². The van der Waals surface area contributed by atoms with Gasteiger partial charge in [0.15, 0.2) is 0 Å². The number of likely N-dealkylation sites (tertiary alicyclic amines) is 1. The number of nitrogens with zero attached hydrogens (tertiary/aromatic N) is 1. The number of carbonyl (C=O) groups excluding carboxylic acids is 2. The van der Waals surface area contributed by atoms with Crippen molar-refractivity contribution >= 4 is 34.5 Å². The topological polar surface area (TPSA) is 49.4 Å². The van der Waals surface area contributed by atoms with E-state index in [2.05, 4.69) is 11.4 Å². The summed E-state index contributed by atoms with van der Waals surface area (Å²) in [6.45, 7) is 2.38. The number of aryl methyl sites for hydroxylation is 1. The van der Waals surface area contributed by atoms with Crippen LogP contribution in [-0.4, -0.2) is 29.8 Å². The molecule has 138 valence electrons. The Kier molecular flexibility index (Phi) is 5.41. The summed E-state index contributed by atoms with van der Waals surface area (Å²) < 4.78 is 0. The molecular formula is C20H24N2O2S2. The Balaban J connectivity index is 1.38. The number of rotatable bonds is 4. The van der Waals surface area contributed by atoms with Gasteiger partial charge in [-0.3, -0.25) is 9.59 Å². The average Bonchev–Trinajstić information content (AvgIpc) is 3.35. The van der Waals surface area contributed by atoms with Crippen LogP contribution in [-0.2, 0) is 24.2 Å². The van der Waals surface area contributed by atoms with E-state index in [4.69, 9.17) is 0 Å². The van der Waals surface area contributed by atoms with E-state index < -0.39 is 0 Å². The van der Waals surface area contributed by atoms with Gasteiger partial charge >= 0.3 is 0 Å². The molecule has 6 heteroatoms. The number of thiophene rings is 2. The zero-order valence-corrected chi connectivity index (χ0v) is 16.5. The van der Waals surface area contributed by atoms with Gasteiger partial charge in [-0.2, -0.15) is 0 Å². The predicted octanol–water partition coefficient (Wildman–Crippen LogP) is 3.86. The van der Waals surface area contributed by atoms with Crippen LogP contribution in [0.1, 0.15) is 50.7 Å². The highest BCUT2D eigenvalue weighted by molar-refractivity contribution is 7.14. The van der Waals surface area contributed by atoms with Crippen LogP contribution in [0.2, 0.25) is 0 Å². The minimum Gasteiger partial charge on any atom is -0.351 e. The maximum atomic E-state index is 12.7. The second kappa shape index (κ2) is 7.92. The van der Waals surface area contributed by atoms with Crippen molar-refractivity contribution in [3.63, 3.8) is 0 Å². The highest BCUT2D eigenvalue weighted by atomic mass is 32.1. The van der Waals surface area contributed by atoms with Crippen molar-refractivity contribution in [2.45, 2.75) is 45.1 Å². The van der Waals surface area contributed by atoms with Crippen molar-refractivity contribution in [2.24, 2.45) is 5.92 Å². The molecule has 3 heterocycles. The van der Waals surface area contributed by atoms with Gasteiger partial charge in [-0.25, -0.2) is 0 Å². The first-order chi connectivity index (χ1) is 12.7. The van der Waals surface area contributed by atoms with Gasteiger partial charge < -0.3 is 10.2 Å². The number of hydrogen-bond acceptors (Lipinski definition) is 4. The highest BCUT2D eigenvalue weighted by Gasteiger charge is 2.28. The summed E-state index contributed by atoms with van der Waals surface area (Å²) >= 11 is 3.31. The maximum absolute atomic E-state index is 12.7. The third kappa shape index (κ3) is 3.86. The molecule has 0 bridgehead atoms. The van der Waals surface area contributed by atoms with E-state index >= 15 is 0 Å². The molecule has 0 saturated carbocycles. The molecule has 2 amide bonds. The van der Waals surface area contributed by atoms with E-state index in [1.54, 1.807) is 22.7 Å². The number of amides is 2. The standard InChI is InChI=1S/C20H24N2O2S2/c23-19(21-13-16-5-4-10-25-16)14-6-7-17-15(11-14)12-18(26-17)20(24)22-8-2-1-3-9-22/h4-5,10,12,14H,1-3,6-9,11,13H2,(H,21,23)/t14-/m0/s1. The molecule has 4 nitrogen and oxygen atoms in total. The summed E-state index contributed by atoms with van der Waals surface area (Å²) in [6.07, 6.45) is 6.00. The van der Waals surface area contributed by atoms with Gasteiger partial charge in [0.2, 0.25) is 5.91 Å². The average molecular weight is 389 g/mol. The fourth-order valence-corrected chi connectivity index (χ4v) is 5.66. The Bertz CT molecular complexity index is 776. The molecule has 0 unspecified atom stereocenters. The second-order valence-corrected chi connectivity index (χ2v) is 9.32. The Morgan fingerprint density at radius 1 is 1.23 bits per heavy atom. The van der Waals surface area contributed by atoms with Crippen molar-refractivity contribution in [1.82, 2.24) is 10.2 Å². The normalized spacial score (nSPS) is 19.8. The summed E-state index contributed by atoms with van der Waals surface area (Å²) in [4.78, 5) is 30.6. The van der Waals surface area contributed by atoms with Crippen molar-refractivity contribution < 1.29 is 9.59 Å². The lowest BCUT2D eigenvalue weighted by Gasteiger charge is -2.26. The van der Waals surface area contributed by atoms with Crippen LogP contribution in [0.3, 0.4) is 0 Å². The van der Waals surface area contributed by atoms with Crippen LogP contribution in [0.25, 0.3) is 0 Å². The third-order valence-corrected chi connectivity index (χ3v) is 7.43. The molecule has 1 aliphatic carbocycles. The molecule has 2 aliphatic rings. The Morgan fingerprint density at radius 3 is 2.85 bits per heavy atom. The summed E-state index contributed by atoms with van der Waals surface area (Å²) in [6, 6.07) is 6.10. The van der Waals surface area contributed by atoms with Gasteiger partial charge in [0.25, 0.3) is 5.91 Å². The van der Waals surface area contributed by atoms with Crippen molar-refractivity contribution in [3.8, 4) is 0 Å². The fraction of sp³-hybridized carbons (Fsp3) is 0.500. The van der Waals surface area contributed by atoms with Gasteiger partial charge in [-0.05, 0) is 61.6 Å². The van der Waals surface area contributed by atoms with Gasteiger partial charge in [-0.1, -0.05) is 6.07 Å². The molecule has 0 aromatic carbocycles. The lowest BCUT2D eigenvalue weighted by molar-refractivity contribution is -0.125. The van der Waals surface area contributed by atoms with E-state index in [9.17, 15) is 9.59 Å². The van der Waals surface area contributed by atoms with Crippen LogP contribution in [0, 0.1) is 5.92 Å². The minimum atomic E-state index is 0.0231. The van der Waals surface area contributed by atoms with Gasteiger partial charge in [0.05, 0.1) is 11.4 Å². The zero-order chi connectivity index (χ0) is 17.9.